The van der Waals surface area contributed by atoms with Crippen molar-refractivity contribution in [2.24, 2.45) is 0 Å². The highest BCUT2D eigenvalue weighted by atomic mass is 35.5. The maximum atomic E-state index is 13.2. The molecule has 1 atom stereocenters. The van der Waals surface area contributed by atoms with Crippen LogP contribution in [0.4, 0.5) is 0 Å². The quantitative estimate of drug-likeness (QED) is 0.449. The number of carbonyl (C=O) groups is 2. The van der Waals surface area contributed by atoms with Crippen LogP contribution in [0.2, 0.25) is 10.0 Å². The van der Waals surface area contributed by atoms with Crippen molar-refractivity contribution in [2.45, 2.75) is 57.1 Å². The van der Waals surface area contributed by atoms with E-state index >= 15 is 0 Å². The number of nitrogens with zero attached hydrogens (tertiary/aromatic N) is 1. The van der Waals surface area contributed by atoms with Gasteiger partial charge in [0.1, 0.15) is 6.04 Å². The molecule has 0 bridgehead atoms. The third kappa shape index (κ3) is 7.53. The Hall–Kier alpha value is -1.69. The Morgan fingerprint density at radius 3 is 2.40 bits per heavy atom. The Kier molecular flexibility index (Phi) is 10.0. The Balaban J connectivity index is 2.17. The van der Waals surface area contributed by atoms with Crippen LogP contribution in [0.5, 0.6) is 0 Å². The molecule has 0 saturated carbocycles. The van der Waals surface area contributed by atoms with Crippen LogP contribution >= 0.6 is 35.0 Å². The van der Waals surface area contributed by atoms with Crippen molar-refractivity contribution in [3.05, 3.63) is 64.1 Å². The molecule has 0 saturated heterocycles. The number of amides is 2. The summed E-state index contributed by atoms with van der Waals surface area (Å²) in [7, 11) is 0. The molecule has 0 fully saturated rings. The average molecular weight is 467 g/mol. The molecule has 0 radical (unpaired) electrons. The molecule has 2 aromatic carbocycles. The first-order valence-electron chi connectivity index (χ1n) is 10.0. The lowest BCUT2D eigenvalue weighted by Gasteiger charge is -2.31. The van der Waals surface area contributed by atoms with E-state index in [-0.39, 0.29) is 24.4 Å². The third-order valence-electron chi connectivity index (χ3n) is 4.50. The maximum absolute atomic E-state index is 13.2. The molecule has 2 amide bonds. The molecule has 0 aliphatic rings. The lowest BCUT2D eigenvalue weighted by atomic mass is 10.1. The summed E-state index contributed by atoms with van der Waals surface area (Å²) in [5.74, 6) is 0.410. The Morgan fingerprint density at radius 1 is 1.10 bits per heavy atom. The first kappa shape index (κ1) is 24.6. The van der Waals surface area contributed by atoms with Crippen LogP contribution in [0.1, 0.15) is 39.2 Å². The summed E-state index contributed by atoms with van der Waals surface area (Å²) in [6.45, 7) is 5.98. The monoisotopic (exact) mass is 466 g/mol. The number of benzene rings is 2. The Labute approximate surface area is 193 Å². The smallest absolute Gasteiger partial charge is 0.243 e. The minimum Gasteiger partial charge on any atom is -0.352 e. The van der Waals surface area contributed by atoms with Gasteiger partial charge in [-0.25, -0.2) is 0 Å². The van der Waals surface area contributed by atoms with Crippen molar-refractivity contribution in [3.8, 4) is 0 Å². The molecule has 2 rings (SSSR count). The normalized spacial score (nSPS) is 11.9. The van der Waals surface area contributed by atoms with Gasteiger partial charge in [0.2, 0.25) is 11.8 Å². The summed E-state index contributed by atoms with van der Waals surface area (Å²) in [5, 5.41) is 3.95. The summed E-state index contributed by atoms with van der Waals surface area (Å²) < 4.78 is 0. The fourth-order valence-electron chi connectivity index (χ4n) is 3.05. The maximum Gasteiger partial charge on any atom is 0.243 e. The van der Waals surface area contributed by atoms with Crippen LogP contribution in [0, 0.1) is 0 Å². The summed E-state index contributed by atoms with van der Waals surface area (Å²) in [6.07, 6.45) is 0.845. The summed E-state index contributed by atoms with van der Waals surface area (Å²) >= 11 is 14.0. The van der Waals surface area contributed by atoms with Crippen molar-refractivity contribution in [3.63, 3.8) is 0 Å². The van der Waals surface area contributed by atoms with Crippen LogP contribution < -0.4 is 5.32 Å². The Bertz CT molecular complexity index is 846. The van der Waals surface area contributed by atoms with Gasteiger partial charge in [0.05, 0.1) is 0 Å². The molecule has 2 aromatic rings. The minimum absolute atomic E-state index is 0.00346. The highest BCUT2D eigenvalue weighted by Crippen LogP contribution is 2.25. The van der Waals surface area contributed by atoms with Gasteiger partial charge in [-0.3, -0.25) is 9.59 Å². The molecule has 1 unspecified atom stereocenters. The van der Waals surface area contributed by atoms with Crippen LogP contribution in [0.25, 0.3) is 0 Å². The van der Waals surface area contributed by atoms with Crippen LogP contribution in [0.15, 0.2) is 53.4 Å². The van der Waals surface area contributed by atoms with Crippen molar-refractivity contribution >= 4 is 46.8 Å². The van der Waals surface area contributed by atoms with E-state index in [0.29, 0.717) is 28.6 Å². The van der Waals surface area contributed by atoms with Crippen molar-refractivity contribution in [1.29, 1.82) is 0 Å². The van der Waals surface area contributed by atoms with Crippen LogP contribution in [0.3, 0.4) is 0 Å². The molecule has 7 heteroatoms. The summed E-state index contributed by atoms with van der Waals surface area (Å²) in [4.78, 5) is 28.7. The molecule has 1 N–H and O–H groups in total. The topological polar surface area (TPSA) is 49.4 Å². The lowest BCUT2D eigenvalue weighted by Crippen LogP contribution is -2.50. The lowest BCUT2D eigenvalue weighted by molar-refractivity contribution is -0.141. The van der Waals surface area contributed by atoms with Gasteiger partial charge in [0.25, 0.3) is 0 Å². The number of carbonyl (C=O) groups excluding carboxylic acids is 2. The van der Waals surface area contributed by atoms with Gasteiger partial charge < -0.3 is 10.2 Å². The van der Waals surface area contributed by atoms with Gasteiger partial charge in [-0.1, -0.05) is 54.4 Å². The average Bonchev–Trinajstić information content (AvgIpc) is 2.69. The highest BCUT2D eigenvalue weighted by molar-refractivity contribution is 7.99. The second-order valence-corrected chi connectivity index (χ2v) is 9.27. The molecular formula is C23H28Cl2N2O2S. The molecular weight excluding hydrogens is 439 g/mol. The van der Waals surface area contributed by atoms with Gasteiger partial charge in [-0.2, -0.15) is 0 Å². The number of hydrogen-bond donors (Lipinski definition) is 1. The van der Waals surface area contributed by atoms with E-state index in [2.05, 4.69) is 5.32 Å². The van der Waals surface area contributed by atoms with E-state index in [1.165, 1.54) is 0 Å². The van der Waals surface area contributed by atoms with Crippen LogP contribution in [-0.2, 0) is 16.1 Å². The molecule has 0 spiro atoms. The number of thioether (sulfide) groups is 1. The SMILES string of the molecule is CCC(C(=O)NC(C)C)N(Cc1ccc(Cl)cc1Cl)C(=O)CCSc1ccccc1. The Morgan fingerprint density at radius 2 is 1.80 bits per heavy atom. The number of hydrogen-bond acceptors (Lipinski definition) is 3. The van der Waals surface area contributed by atoms with E-state index in [9.17, 15) is 9.59 Å². The number of nitrogens with one attached hydrogen (secondary N) is 1. The molecule has 4 nitrogen and oxygen atoms in total. The number of halogens is 2. The first-order valence-corrected chi connectivity index (χ1v) is 11.8. The van der Waals surface area contributed by atoms with Crippen LogP contribution in [-0.4, -0.2) is 34.6 Å². The molecule has 30 heavy (non-hydrogen) atoms. The van der Waals surface area contributed by atoms with Gasteiger partial charge >= 0.3 is 0 Å². The van der Waals surface area contributed by atoms with Gasteiger partial charge in [-0.15, -0.1) is 11.8 Å². The number of rotatable bonds is 10. The first-order chi connectivity index (χ1) is 14.3. The van der Waals surface area contributed by atoms with E-state index in [4.69, 9.17) is 23.2 Å². The zero-order valence-electron chi connectivity index (χ0n) is 17.5. The zero-order valence-corrected chi connectivity index (χ0v) is 19.9. The predicted octanol–water partition coefficient (Wildman–Crippen LogP) is 5.81. The molecule has 0 aliphatic carbocycles. The molecule has 0 aliphatic heterocycles. The molecule has 0 aromatic heterocycles. The van der Waals surface area contributed by atoms with E-state index in [1.807, 2.05) is 51.1 Å². The van der Waals surface area contributed by atoms with Gasteiger partial charge in [0, 0.05) is 39.7 Å². The van der Waals surface area contributed by atoms with E-state index in [1.54, 1.807) is 34.9 Å². The van der Waals surface area contributed by atoms with Crippen molar-refractivity contribution in [1.82, 2.24) is 10.2 Å². The fraction of sp³-hybridized carbons (Fsp3) is 0.391. The third-order valence-corrected chi connectivity index (χ3v) is 6.10. The summed E-state index contributed by atoms with van der Waals surface area (Å²) in [5.41, 5.74) is 0.765. The largest absolute Gasteiger partial charge is 0.352 e. The van der Waals surface area contributed by atoms with E-state index in [0.717, 1.165) is 10.5 Å². The second-order valence-electron chi connectivity index (χ2n) is 7.26. The standard InChI is InChI=1S/C23H28Cl2N2O2S/c1-4-21(23(29)26-16(2)3)27(15-17-10-11-18(24)14-20(17)25)22(28)12-13-30-19-8-6-5-7-9-19/h5-11,14,16,21H,4,12-13,15H2,1-3H3,(H,26,29). The fourth-order valence-corrected chi connectivity index (χ4v) is 4.38. The highest BCUT2D eigenvalue weighted by Gasteiger charge is 2.29. The van der Waals surface area contributed by atoms with Gasteiger partial charge in [-0.05, 0) is 50.1 Å². The zero-order chi connectivity index (χ0) is 22.1. The minimum atomic E-state index is -0.562. The molecule has 162 valence electrons. The second kappa shape index (κ2) is 12.2. The van der Waals surface area contributed by atoms with E-state index < -0.39 is 6.04 Å². The van der Waals surface area contributed by atoms with Crippen molar-refractivity contribution in [2.75, 3.05) is 5.75 Å². The molecule has 0 heterocycles. The van der Waals surface area contributed by atoms with Crippen molar-refractivity contribution < 1.29 is 9.59 Å². The van der Waals surface area contributed by atoms with Gasteiger partial charge in [0.15, 0.2) is 0 Å². The predicted molar refractivity (Wildman–Crippen MR) is 126 cm³/mol. The summed E-state index contributed by atoms with van der Waals surface area (Å²) in [6, 6.07) is 14.6.